The summed E-state index contributed by atoms with van der Waals surface area (Å²) in [5.74, 6) is 1.55. The van der Waals surface area contributed by atoms with Crippen molar-refractivity contribution in [3.05, 3.63) is 35.3 Å². The second kappa shape index (κ2) is 11.7. The van der Waals surface area contributed by atoms with E-state index in [1.165, 1.54) is 0 Å². The molecule has 1 N–H and O–H groups in total. The molecule has 4 aromatic rings. The van der Waals surface area contributed by atoms with Crippen LogP contribution in [-0.2, 0) is 27.1 Å². The van der Waals surface area contributed by atoms with Crippen LogP contribution in [0.5, 0.6) is 0 Å². The third kappa shape index (κ3) is 5.73. The molecule has 2 aliphatic rings. The number of hydrogen-bond acceptors (Lipinski definition) is 11. The largest absolute Gasteiger partial charge is 0.771 e. The Bertz CT molecular complexity index is 1420. The topological polar surface area (TPSA) is 123 Å². The van der Waals surface area contributed by atoms with E-state index in [9.17, 15) is 8.76 Å². The van der Waals surface area contributed by atoms with Crippen LogP contribution in [0.2, 0.25) is 0 Å². The van der Waals surface area contributed by atoms with Gasteiger partial charge < -0.3 is 18.9 Å². The summed E-state index contributed by atoms with van der Waals surface area (Å²) < 4.78 is 35.4. The summed E-state index contributed by atoms with van der Waals surface area (Å²) in [4.78, 5) is 17.7. The van der Waals surface area contributed by atoms with E-state index < -0.39 is 11.1 Å². The first-order valence-corrected chi connectivity index (χ1v) is 14.8. The maximum Gasteiger partial charge on any atom is 0.162 e. The van der Waals surface area contributed by atoms with Gasteiger partial charge in [-0.3, -0.25) is 19.1 Å². The number of anilines is 1. The van der Waals surface area contributed by atoms with Crippen LogP contribution in [0.25, 0.3) is 32.5 Å². The van der Waals surface area contributed by atoms with Crippen LogP contribution in [0, 0.1) is 0 Å². The van der Waals surface area contributed by atoms with E-state index >= 15 is 0 Å². The number of aromatic amines is 1. The number of benzene rings is 1. The molecule has 202 valence electrons. The molecule has 0 radical (unpaired) electrons. The minimum Gasteiger partial charge on any atom is -0.771 e. The highest BCUT2D eigenvalue weighted by molar-refractivity contribution is 7.79. The Hall–Kier alpha value is -2.52. The Morgan fingerprint density at radius 3 is 2.68 bits per heavy atom. The fraction of sp³-hybridized carbons (Fsp3) is 0.480. The van der Waals surface area contributed by atoms with E-state index in [2.05, 4.69) is 26.1 Å². The molecule has 2 fully saturated rings. The number of H-pyrrole nitrogens is 1. The minimum absolute atomic E-state index is 0.00563. The molecule has 13 heteroatoms. The number of fused-ring (bicyclic) bond motifs is 2. The maximum atomic E-state index is 11.6. The van der Waals surface area contributed by atoms with Crippen molar-refractivity contribution >= 4 is 49.4 Å². The summed E-state index contributed by atoms with van der Waals surface area (Å²) in [5, 5.41) is 8.20. The molecule has 0 amide bonds. The molecule has 0 bridgehead atoms. The van der Waals surface area contributed by atoms with Gasteiger partial charge in [0, 0.05) is 61.6 Å². The highest BCUT2D eigenvalue weighted by atomic mass is 32.2. The van der Waals surface area contributed by atoms with Crippen molar-refractivity contribution in [1.29, 1.82) is 0 Å². The molecule has 38 heavy (non-hydrogen) atoms. The summed E-state index contributed by atoms with van der Waals surface area (Å²) in [6.07, 6.45) is 1.81. The lowest BCUT2D eigenvalue weighted by Gasteiger charge is -2.30. The first-order chi connectivity index (χ1) is 18.6. The van der Waals surface area contributed by atoms with Gasteiger partial charge in [-0.25, -0.2) is 9.97 Å². The molecule has 0 spiro atoms. The number of morpholine rings is 2. The molecule has 1 unspecified atom stereocenters. The molecule has 1 aromatic carbocycles. The summed E-state index contributed by atoms with van der Waals surface area (Å²) in [5.41, 5.74) is 2.73. The van der Waals surface area contributed by atoms with Crippen molar-refractivity contribution in [1.82, 2.24) is 30.0 Å². The standard InChI is InChI=1S/C25H31N7O4S2/c33-38(34)17-31(5-4-30-6-10-35-11-7-30)16-18-14-22-23(37-18)25(32-8-12-36-13-9-32)28-24(27-22)19-2-1-3-21-20(19)15-26-29-21/h1-3,14-15H,4-13,16-17H2,(H,26,29)(H,33,34)/p-1. The van der Waals surface area contributed by atoms with E-state index in [1.807, 2.05) is 23.1 Å². The average molecular weight is 557 g/mol. The van der Waals surface area contributed by atoms with Gasteiger partial charge in [-0.2, -0.15) is 5.10 Å². The van der Waals surface area contributed by atoms with Gasteiger partial charge in [0.25, 0.3) is 0 Å². The minimum atomic E-state index is -2.16. The summed E-state index contributed by atoms with van der Waals surface area (Å²) >= 11 is -0.520. The quantitative estimate of drug-likeness (QED) is 0.307. The molecule has 2 saturated heterocycles. The molecule has 2 aliphatic heterocycles. The lowest BCUT2D eigenvalue weighted by molar-refractivity contribution is 0.0338. The second-order valence-corrected chi connectivity index (χ2v) is 11.5. The molecule has 0 saturated carbocycles. The highest BCUT2D eigenvalue weighted by Crippen LogP contribution is 2.36. The third-order valence-electron chi connectivity index (χ3n) is 6.94. The van der Waals surface area contributed by atoms with Crippen molar-refractivity contribution in [3.8, 4) is 11.4 Å². The molecule has 5 heterocycles. The average Bonchev–Trinajstić information content (AvgIpc) is 3.58. The first-order valence-electron chi connectivity index (χ1n) is 12.8. The number of nitrogens with zero attached hydrogens (tertiary/aromatic N) is 6. The fourth-order valence-electron chi connectivity index (χ4n) is 4.98. The highest BCUT2D eigenvalue weighted by Gasteiger charge is 2.22. The lowest BCUT2D eigenvalue weighted by Crippen LogP contribution is -2.41. The number of aromatic nitrogens is 4. The van der Waals surface area contributed by atoms with Gasteiger partial charge in [-0.05, 0) is 23.2 Å². The van der Waals surface area contributed by atoms with Crippen molar-refractivity contribution < 1.29 is 18.2 Å². The van der Waals surface area contributed by atoms with Crippen LogP contribution in [0.1, 0.15) is 4.88 Å². The van der Waals surface area contributed by atoms with Gasteiger partial charge >= 0.3 is 0 Å². The fourth-order valence-corrected chi connectivity index (χ4v) is 6.66. The number of rotatable bonds is 9. The summed E-state index contributed by atoms with van der Waals surface area (Å²) in [7, 11) is 0. The van der Waals surface area contributed by atoms with Crippen LogP contribution in [0.3, 0.4) is 0 Å². The summed E-state index contributed by atoms with van der Waals surface area (Å²) in [6, 6.07) is 8.07. The molecule has 3 aromatic heterocycles. The van der Waals surface area contributed by atoms with E-state index in [4.69, 9.17) is 19.4 Å². The Morgan fingerprint density at radius 2 is 1.89 bits per heavy atom. The number of ether oxygens (including phenoxy) is 2. The SMILES string of the molecule is O=S([O-])CN(CCN1CCOCC1)Cc1cc2nc(-c3cccc4[nH]ncc34)nc(N3CCOCC3)c2s1. The Labute approximate surface area is 227 Å². The van der Waals surface area contributed by atoms with Gasteiger partial charge in [0.2, 0.25) is 0 Å². The third-order valence-corrected chi connectivity index (χ3v) is 8.63. The molecule has 1 atom stereocenters. The van der Waals surface area contributed by atoms with Crippen molar-refractivity contribution in [3.63, 3.8) is 0 Å². The second-order valence-electron chi connectivity index (χ2n) is 9.47. The van der Waals surface area contributed by atoms with Crippen LogP contribution in [0.4, 0.5) is 5.82 Å². The smallest absolute Gasteiger partial charge is 0.162 e. The van der Waals surface area contributed by atoms with Gasteiger partial charge in [0.1, 0.15) is 0 Å². The van der Waals surface area contributed by atoms with Gasteiger partial charge in [0.05, 0.1) is 54.2 Å². The zero-order valence-corrected chi connectivity index (χ0v) is 22.6. The monoisotopic (exact) mass is 556 g/mol. The predicted octanol–water partition coefficient (Wildman–Crippen LogP) is 2.04. The van der Waals surface area contributed by atoms with E-state index in [1.54, 1.807) is 17.5 Å². The van der Waals surface area contributed by atoms with Gasteiger partial charge in [-0.15, -0.1) is 11.3 Å². The molecule has 11 nitrogen and oxygen atoms in total. The normalized spacial score (nSPS) is 18.1. The zero-order valence-electron chi connectivity index (χ0n) is 21.0. The van der Waals surface area contributed by atoms with E-state index in [0.29, 0.717) is 32.1 Å². The van der Waals surface area contributed by atoms with Crippen LogP contribution in [-0.4, -0.2) is 110 Å². The van der Waals surface area contributed by atoms with Crippen LogP contribution >= 0.6 is 11.3 Å². The summed E-state index contributed by atoms with van der Waals surface area (Å²) in [6.45, 7) is 8.04. The van der Waals surface area contributed by atoms with Crippen LogP contribution < -0.4 is 4.90 Å². The predicted molar refractivity (Wildman–Crippen MR) is 147 cm³/mol. The van der Waals surface area contributed by atoms with Crippen LogP contribution in [0.15, 0.2) is 30.5 Å². The Morgan fingerprint density at radius 1 is 1.11 bits per heavy atom. The van der Waals surface area contributed by atoms with Gasteiger partial charge in [-0.1, -0.05) is 12.1 Å². The zero-order chi connectivity index (χ0) is 25.9. The van der Waals surface area contributed by atoms with Crippen molar-refractivity contribution in [2.75, 3.05) is 76.5 Å². The lowest BCUT2D eigenvalue weighted by atomic mass is 10.1. The van der Waals surface area contributed by atoms with Crippen molar-refractivity contribution in [2.45, 2.75) is 6.54 Å². The molecule has 0 aliphatic carbocycles. The Kier molecular flexibility index (Phi) is 7.92. The molecular formula is C25H30N7O4S2-. The van der Waals surface area contributed by atoms with E-state index in [-0.39, 0.29) is 5.88 Å². The first kappa shape index (κ1) is 25.7. The number of nitrogens with one attached hydrogen (secondary N) is 1. The molecule has 6 rings (SSSR count). The maximum absolute atomic E-state index is 11.6. The van der Waals surface area contributed by atoms with Gasteiger partial charge in [0.15, 0.2) is 11.6 Å². The molecular weight excluding hydrogens is 526 g/mol. The Balaban J connectivity index is 1.33. The van der Waals surface area contributed by atoms with Crippen molar-refractivity contribution in [2.24, 2.45) is 0 Å². The number of thiophene rings is 1. The number of hydrogen-bond donors (Lipinski definition) is 1. The van der Waals surface area contributed by atoms with E-state index in [0.717, 1.165) is 83.3 Å².